The Hall–Kier alpha value is -1.20. The summed E-state index contributed by atoms with van der Waals surface area (Å²) in [6.45, 7) is 16.0. The van der Waals surface area contributed by atoms with E-state index in [0.717, 1.165) is 44.2 Å². The van der Waals surface area contributed by atoms with Crippen LogP contribution >= 0.6 is 0 Å². The molecule has 5 nitrogen and oxygen atoms in total. The summed E-state index contributed by atoms with van der Waals surface area (Å²) in [6, 6.07) is 0.624. The summed E-state index contributed by atoms with van der Waals surface area (Å²) in [5, 5.41) is 3.46. The van der Waals surface area contributed by atoms with Gasteiger partial charge in [0.25, 0.3) is 0 Å². The molecule has 1 aliphatic heterocycles. The molecule has 1 saturated heterocycles. The molecule has 0 amide bonds. The third-order valence-electron chi connectivity index (χ3n) is 3.84. The molecule has 0 radical (unpaired) electrons. The molecule has 118 valence electrons. The number of rotatable bonds is 4. The average molecular weight is 291 g/mol. The first-order valence-corrected chi connectivity index (χ1v) is 7.90. The van der Waals surface area contributed by atoms with E-state index < -0.39 is 0 Å². The standard InChI is InChI=1S/C16H29N5/c1-13(2)20-6-8-21(9-7-20)15-17-10-14(11-18-15)12-19-16(3,4)5/h10-11,13,19H,6-9,12H2,1-5H3. The van der Waals surface area contributed by atoms with Gasteiger partial charge in [-0.1, -0.05) is 0 Å². The quantitative estimate of drug-likeness (QED) is 0.918. The topological polar surface area (TPSA) is 44.3 Å². The molecule has 2 rings (SSSR count). The van der Waals surface area contributed by atoms with Gasteiger partial charge in [0.1, 0.15) is 0 Å². The lowest BCUT2D eigenvalue weighted by Crippen LogP contribution is -2.49. The monoisotopic (exact) mass is 291 g/mol. The lowest BCUT2D eigenvalue weighted by Gasteiger charge is -2.36. The van der Waals surface area contributed by atoms with E-state index >= 15 is 0 Å². The molecule has 0 spiro atoms. The number of aromatic nitrogens is 2. The Labute approximate surface area is 128 Å². The van der Waals surface area contributed by atoms with E-state index in [-0.39, 0.29) is 5.54 Å². The Morgan fingerprint density at radius 1 is 1.10 bits per heavy atom. The van der Waals surface area contributed by atoms with Crippen molar-refractivity contribution in [2.75, 3.05) is 31.1 Å². The first kappa shape index (κ1) is 16.2. The number of hydrogen-bond acceptors (Lipinski definition) is 5. The van der Waals surface area contributed by atoms with Gasteiger partial charge in [0.15, 0.2) is 0 Å². The Bertz CT molecular complexity index is 427. The van der Waals surface area contributed by atoms with Crippen molar-refractivity contribution in [2.24, 2.45) is 0 Å². The van der Waals surface area contributed by atoms with Gasteiger partial charge in [-0.3, -0.25) is 4.90 Å². The molecule has 5 heteroatoms. The molecule has 0 saturated carbocycles. The summed E-state index contributed by atoms with van der Waals surface area (Å²) in [6.07, 6.45) is 3.88. The number of anilines is 1. The summed E-state index contributed by atoms with van der Waals surface area (Å²) in [5.41, 5.74) is 1.25. The molecule has 1 aliphatic rings. The van der Waals surface area contributed by atoms with E-state index in [2.05, 4.69) is 59.7 Å². The lowest BCUT2D eigenvalue weighted by atomic mass is 10.1. The second-order valence-corrected chi connectivity index (χ2v) is 7.11. The van der Waals surface area contributed by atoms with Crippen LogP contribution in [0.25, 0.3) is 0 Å². The Kier molecular flexibility index (Phi) is 5.17. The molecule has 1 aromatic heterocycles. The van der Waals surface area contributed by atoms with Crippen LogP contribution in [0.2, 0.25) is 0 Å². The van der Waals surface area contributed by atoms with Crippen molar-refractivity contribution in [3.05, 3.63) is 18.0 Å². The lowest BCUT2D eigenvalue weighted by molar-refractivity contribution is 0.208. The molecule has 1 fully saturated rings. The number of piperazine rings is 1. The van der Waals surface area contributed by atoms with E-state index in [1.165, 1.54) is 0 Å². The van der Waals surface area contributed by atoms with Gasteiger partial charge in [-0.2, -0.15) is 0 Å². The largest absolute Gasteiger partial charge is 0.338 e. The highest BCUT2D eigenvalue weighted by atomic mass is 15.3. The van der Waals surface area contributed by atoms with Crippen LogP contribution in [0.15, 0.2) is 12.4 Å². The minimum atomic E-state index is 0.117. The van der Waals surface area contributed by atoms with E-state index in [0.29, 0.717) is 6.04 Å². The molecule has 1 N–H and O–H groups in total. The molecule has 1 aromatic rings. The fraction of sp³-hybridized carbons (Fsp3) is 0.750. The van der Waals surface area contributed by atoms with E-state index in [4.69, 9.17) is 0 Å². The van der Waals surface area contributed by atoms with E-state index in [1.54, 1.807) is 0 Å². The Balaban J connectivity index is 1.88. The van der Waals surface area contributed by atoms with E-state index in [9.17, 15) is 0 Å². The van der Waals surface area contributed by atoms with Gasteiger partial charge in [0.2, 0.25) is 5.95 Å². The third-order valence-corrected chi connectivity index (χ3v) is 3.84. The minimum Gasteiger partial charge on any atom is -0.338 e. The second-order valence-electron chi connectivity index (χ2n) is 7.11. The molecule has 21 heavy (non-hydrogen) atoms. The molecule has 0 aliphatic carbocycles. The average Bonchev–Trinajstić information content (AvgIpc) is 2.45. The SMILES string of the molecule is CC(C)N1CCN(c2ncc(CNC(C)(C)C)cn2)CC1. The number of nitrogens with one attached hydrogen (secondary N) is 1. The molecular weight excluding hydrogens is 262 g/mol. The summed E-state index contributed by atoms with van der Waals surface area (Å²) in [7, 11) is 0. The second kappa shape index (κ2) is 6.71. The van der Waals surface area contributed by atoms with Crippen LogP contribution in [0, 0.1) is 0 Å². The van der Waals surface area contributed by atoms with Gasteiger partial charge in [0, 0.05) is 62.3 Å². The van der Waals surface area contributed by atoms with Crippen LogP contribution in [-0.4, -0.2) is 52.6 Å². The zero-order valence-electron chi connectivity index (χ0n) is 14.1. The molecule has 0 atom stereocenters. The predicted molar refractivity (Wildman–Crippen MR) is 87.5 cm³/mol. The normalized spacial score (nSPS) is 17.5. The van der Waals surface area contributed by atoms with E-state index in [1.807, 2.05) is 12.4 Å². The van der Waals surface area contributed by atoms with Gasteiger partial charge < -0.3 is 10.2 Å². The van der Waals surface area contributed by atoms with Gasteiger partial charge in [-0.05, 0) is 34.6 Å². The van der Waals surface area contributed by atoms with Gasteiger partial charge >= 0.3 is 0 Å². The Morgan fingerprint density at radius 3 is 2.14 bits per heavy atom. The van der Waals surface area contributed by atoms with Crippen molar-refractivity contribution in [3.8, 4) is 0 Å². The van der Waals surface area contributed by atoms with Crippen LogP contribution in [0.3, 0.4) is 0 Å². The number of nitrogens with zero attached hydrogens (tertiary/aromatic N) is 4. The molecule has 2 heterocycles. The highest BCUT2D eigenvalue weighted by molar-refractivity contribution is 5.30. The molecule has 0 bridgehead atoms. The first-order valence-electron chi connectivity index (χ1n) is 7.90. The molecule has 0 aromatic carbocycles. The highest BCUT2D eigenvalue weighted by Gasteiger charge is 2.20. The summed E-state index contributed by atoms with van der Waals surface area (Å²) in [4.78, 5) is 13.8. The molecular formula is C16H29N5. The van der Waals surface area contributed by atoms with Crippen molar-refractivity contribution < 1.29 is 0 Å². The van der Waals surface area contributed by atoms with Crippen molar-refractivity contribution in [1.82, 2.24) is 20.2 Å². The third kappa shape index (κ3) is 4.93. The van der Waals surface area contributed by atoms with Crippen LogP contribution in [0.5, 0.6) is 0 Å². The minimum absolute atomic E-state index is 0.117. The van der Waals surface area contributed by atoms with Gasteiger partial charge in [0.05, 0.1) is 0 Å². The maximum atomic E-state index is 4.53. The van der Waals surface area contributed by atoms with Gasteiger partial charge in [-0.15, -0.1) is 0 Å². The fourth-order valence-electron chi connectivity index (χ4n) is 2.41. The van der Waals surface area contributed by atoms with Crippen LogP contribution in [0.4, 0.5) is 5.95 Å². The van der Waals surface area contributed by atoms with Crippen LogP contribution in [0.1, 0.15) is 40.2 Å². The van der Waals surface area contributed by atoms with Crippen molar-refractivity contribution in [2.45, 2.75) is 52.7 Å². The first-order chi connectivity index (χ1) is 9.85. The Morgan fingerprint density at radius 2 is 1.67 bits per heavy atom. The van der Waals surface area contributed by atoms with Gasteiger partial charge in [-0.25, -0.2) is 9.97 Å². The summed E-state index contributed by atoms with van der Waals surface area (Å²) >= 11 is 0. The van der Waals surface area contributed by atoms with Crippen molar-refractivity contribution in [3.63, 3.8) is 0 Å². The number of hydrogen-bond donors (Lipinski definition) is 1. The summed E-state index contributed by atoms with van der Waals surface area (Å²) < 4.78 is 0. The smallest absolute Gasteiger partial charge is 0.225 e. The van der Waals surface area contributed by atoms with Crippen molar-refractivity contribution in [1.29, 1.82) is 0 Å². The van der Waals surface area contributed by atoms with Crippen molar-refractivity contribution >= 4 is 5.95 Å². The predicted octanol–water partition coefficient (Wildman–Crippen LogP) is 1.90. The van der Waals surface area contributed by atoms with Crippen LogP contribution in [-0.2, 0) is 6.54 Å². The maximum absolute atomic E-state index is 4.53. The van der Waals surface area contributed by atoms with Crippen LogP contribution < -0.4 is 10.2 Å². The highest BCUT2D eigenvalue weighted by Crippen LogP contribution is 2.12. The zero-order valence-corrected chi connectivity index (χ0v) is 14.1. The zero-order chi connectivity index (χ0) is 15.5. The fourth-order valence-corrected chi connectivity index (χ4v) is 2.41. The summed E-state index contributed by atoms with van der Waals surface area (Å²) in [5.74, 6) is 0.859. The molecule has 0 unspecified atom stereocenters. The maximum Gasteiger partial charge on any atom is 0.225 e.